The molecule has 2 aromatic rings. The third kappa shape index (κ3) is 6.58. The SMILES string of the molecule is CN=C(NCCc1cnn(-c2ccccc2)c1)N1CCC(OCCCOC)CC1. The van der Waals surface area contributed by atoms with E-state index in [9.17, 15) is 0 Å². The number of likely N-dealkylation sites (tertiary alicyclic amines) is 1. The topological polar surface area (TPSA) is 63.9 Å². The van der Waals surface area contributed by atoms with E-state index >= 15 is 0 Å². The van der Waals surface area contributed by atoms with E-state index in [1.54, 1.807) is 7.11 Å². The Hall–Kier alpha value is -2.38. The number of piperidine rings is 1. The molecule has 1 aliphatic heterocycles. The summed E-state index contributed by atoms with van der Waals surface area (Å²) in [4.78, 5) is 6.78. The van der Waals surface area contributed by atoms with Crippen LogP contribution in [0.3, 0.4) is 0 Å². The van der Waals surface area contributed by atoms with Crippen molar-refractivity contribution in [2.24, 2.45) is 4.99 Å². The summed E-state index contributed by atoms with van der Waals surface area (Å²) in [5.74, 6) is 0.971. The van der Waals surface area contributed by atoms with Gasteiger partial charge >= 0.3 is 0 Å². The average molecular weight is 400 g/mol. The van der Waals surface area contributed by atoms with Crippen molar-refractivity contribution in [3.8, 4) is 5.69 Å². The molecule has 2 heterocycles. The number of ether oxygens (including phenoxy) is 2. The number of rotatable bonds is 9. The lowest BCUT2D eigenvalue weighted by Crippen LogP contribution is -2.47. The van der Waals surface area contributed by atoms with Crippen LogP contribution in [0.4, 0.5) is 0 Å². The molecule has 7 nitrogen and oxygen atoms in total. The van der Waals surface area contributed by atoms with Crippen molar-refractivity contribution in [3.05, 3.63) is 48.3 Å². The molecule has 1 aliphatic rings. The molecule has 0 bridgehead atoms. The van der Waals surface area contributed by atoms with Gasteiger partial charge in [-0.1, -0.05) is 18.2 Å². The molecule has 0 spiro atoms. The van der Waals surface area contributed by atoms with E-state index in [1.165, 1.54) is 5.56 Å². The second-order valence-electron chi connectivity index (χ2n) is 7.26. The maximum absolute atomic E-state index is 5.95. The first-order valence-corrected chi connectivity index (χ1v) is 10.4. The molecule has 1 fully saturated rings. The fourth-order valence-electron chi connectivity index (χ4n) is 3.55. The predicted molar refractivity (Wildman–Crippen MR) is 116 cm³/mol. The van der Waals surface area contributed by atoms with E-state index in [0.717, 1.165) is 70.2 Å². The van der Waals surface area contributed by atoms with Gasteiger partial charge < -0.3 is 19.7 Å². The summed E-state index contributed by atoms with van der Waals surface area (Å²) in [5, 5.41) is 7.96. The van der Waals surface area contributed by atoms with E-state index in [1.807, 2.05) is 36.1 Å². The number of hydrogen-bond acceptors (Lipinski definition) is 4. The Balaban J connectivity index is 1.38. The normalized spacial score (nSPS) is 15.7. The first kappa shape index (κ1) is 21.3. The standard InChI is InChI=1S/C22H33N5O2/c1-23-22(26-13-10-21(11-14-26)29-16-6-15-28-2)24-12-9-19-17-25-27(18-19)20-7-4-3-5-8-20/h3-5,7-8,17-18,21H,6,9-16H2,1-2H3,(H,23,24). The van der Waals surface area contributed by atoms with Gasteiger partial charge in [0.05, 0.1) is 18.0 Å². The van der Waals surface area contributed by atoms with Crippen molar-refractivity contribution >= 4 is 5.96 Å². The van der Waals surface area contributed by atoms with Crippen LogP contribution in [0.15, 0.2) is 47.7 Å². The van der Waals surface area contributed by atoms with E-state index in [2.05, 4.69) is 38.6 Å². The Morgan fingerprint density at radius 2 is 2.00 bits per heavy atom. The number of methoxy groups -OCH3 is 1. The van der Waals surface area contributed by atoms with E-state index in [0.29, 0.717) is 6.10 Å². The zero-order chi connectivity index (χ0) is 20.3. The third-order valence-electron chi connectivity index (χ3n) is 5.15. The number of benzene rings is 1. The Morgan fingerprint density at radius 3 is 2.72 bits per heavy atom. The number of hydrogen-bond donors (Lipinski definition) is 1. The smallest absolute Gasteiger partial charge is 0.193 e. The molecular weight excluding hydrogens is 366 g/mol. The fourth-order valence-corrected chi connectivity index (χ4v) is 3.55. The second-order valence-corrected chi connectivity index (χ2v) is 7.26. The van der Waals surface area contributed by atoms with Crippen molar-refractivity contribution in [1.82, 2.24) is 20.0 Å². The molecule has 0 amide bonds. The number of aromatic nitrogens is 2. The van der Waals surface area contributed by atoms with Crippen molar-refractivity contribution in [1.29, 1.82) is 0 Å². The van der Waals surface area contributed by atoms with Crippen molar-refractivity contribution < 1.29 is 9.47 Å². The lowest BCUT2D eigenvalue weighted by molar-refractivity contribution is 0.00992. The highest BCUT2D eigenvalue weighted by Gasteiger charge is 2.21. The summed E-state index contributed by atoms with van der Waals surface area (Å²) in [6, 6.07) is 10.2. The van der Waals surface area contributed by atoms with Crippen LogP contribution in [0.1, 0.15) is 24.8 Å². The number of para-hydroxylation sites is 1. The lowest BCUT2D eigenvalue weighted by atomic mass is 10.1. The predicted octanol–water partition coefficient (Wildman–Crippen LogP) is 2.51. The Morgan fingerprint density at radius 1 is 1.21 bits per heavy atom. The molecule has 0 aliphatic carbocycles. The minimum absolute atomic E-state index is 0.352. The molecule has 7 heteroatoms. The Labute approximate surface area is 173 Å². The van der Waals surface area contributed by atoms with Gasteiger partial charge in [0.25, 0.3) is 0 Å². The molecule has 0 unspecified atom stereocenters. The number of nitrogens with one attached hydrogen (secondary N) is 1. The summed E-state index contributed by atoms with van der Waals surface area (Å²) < 4.78 is 12.9. The molecule has 1 N–H and O–H groups in total. The van der Waals surface area contributed by atoms with Crippen LogP contribution in [0.25, 0.3) is 5.69 Å². The molecule has 1 saturated heterocycles. The summed E-state index contributed by atoms with van der Waals surface area (Å²) >= 11 is 0. The third-order valence-corrected chi connectivity index (χ3v) is 5.15. The Bertz CT molecular complexity index is 739. The molecule has 1 aromatic heterocycles. The molecule has 29 heavy (non-hydrogen) atoms. The van der Waals surface area contributed by atoms with Gasteiger partial charge in [0.15, 0.2) is 5.96 Å². The molecular formula is C22H33N5O2. The minimum atomic E-state index is 0.352. The molecule has 3 rings (SSSR count). The molecule has 0 radical (unpaired) electrons. The van der Waals surface area contributed by atoms with Gasteiger partial charge in [-0.2, -0.15) is 5.10 Å². The molecule has 158 valence electrons. The van der Waals surface area contributed by atoms with Gasteiger partial charge in [0.2, 0.25) is 0 Å². The zero-order valence-electron chi connectivity index (χ0n) is 17.6. The fraction of sp³-hybridized carbons (Fsp3) is 0.545. The van der Waals surface area contributed by atoms with Gasteiger partial charge in [-0.3, -0.25) is 4.99 Å². The summed E-state index contributed by atoms with van der Waals surface area (Å²) in [6.07, 6.45) is 8.32. The van der Waals surface area contributed by atoms with Crippen LogP contribution >= 0.6 is 0 Å². The van der Waals surface area contributed by atoms with Crippen LogP contribution in [0, 0.1) is 0 Å². The zero-order valence-corrected chi connectivity index (χ0v) is 17.6. The monoisotopic (exact) mass is 399 g/mol. The van der Waals surface area contributed by atoms with E-state index < -0.39 is 0 Å². The first-order valence-electron chi connectivity index (χ1n) is 10.4. The summed E-state index contributed by atoms with van der Waals surface area (Å²) in [6.45, 7) is 4.32. The molecule has 1 aromatic carbocycles. The maximum Gasteiger partial charge on any atom is 0.193 e. The van der Waals surface area contributed by atoms with Crippen LogP contribution in [0.2, 0.25) is 0 Å². The van der Waals surface area contributed by atoms with Gasteiger partial charge in [0.1, 0.15) is 0 Å². The highest BCUT2D eigenvalue weighted by atomic mass is 16.5. The molecule has 0 saturated carbocycles. The van der Waals surface area contributed by atoms with E-state index in [4.69, 9.17) is 9.47 Å². The average Bonchev–Trinajstić information content (AvgIpc) is 3.25. The Kier molecular flexibility index (Phi) is 8.52. The van der Waals surface area contributed by atoms with E-state index in [-0.39, 0.29) is 0 Å². The van der Waals surface area contributed by atoms with Crippen LogP contribution in [-0.4, -0.2) is 73.7 Å². The lowest BCUT2D eigenvalue weighted by Gasteiger charge is -2.34. The largest absolute Gasteiger partial charge is 0.385 e. The minimum Gasteiger partial charge on any atom is -0.385 e. The van der Waals surface area contributed by atoms with Gasteiger partial charge in [-0.05, 0) is 43.4 Å². The molecule has 0 atom stereocenters. The second kappa shape index (κ2) is 11.6. The quantitative estimate of drug-likeness (QED) is 0.399. The van der Waals surface area contributed by atoms with Crippen LogP contribution < -0.4 is 5.32 Å². The highest BCUT2D eigenvalue weighted by Crippen LogP contribution is 2.14. The first-order chi connectivity index (χ1) is 14.3. The number of nitrogens with zero attached hydrogens (tertiary/aromatic N) is 4. The maximum atomic E-state index is 5.95. The van der Waals surface area contributed by atoms with Crippen LogP contribution in [-0.2, 0) is 15.9 Å². The number of guanidine groups is 1. The highest BCUT2D eigenvalue weighted by molar-refractivity contribution is 5.79. The van der Waals surface area contributed by atoms with Crippen LogP contribution in [0.5, 0.6) is 0 Å². The number of aliphatic imine (C=N–C) groups is 1. The van der Waals surface area contributed by atoms with Crippen molar-refractivity contribution in [2.75, 3.05) is 47.0 Å². The van der Waals surface area contributed by atoms with Gasteiger partial charge in [0, 0.05) is 53.2 Å². The van der Waals surface area contributed by atoms with Crippen molar-refractivity contribution in [2.45, 2.75) is 31.8 Å². The van der Waals surface area contributed by atoms with Crippen molar-refractivity contribution in [3.63, 3.8) is 0 Å². The van der Waals surface area contributed by atoms with Gasteiger partial charge in [-0.25, -0.2) is 4.68 Å². The summed E-state index contributed by atoms with van der Waals surface area (Å²) in [7, 11) is 3.58. The summed E-state index contributed by atoms with van der Waals surface area (Å²) in [5.41, 5.74) is 2.29. The van der Waals surface area contributed by atoms with Gasteiger partial charge in [-0.15, -0.1) is 0 Å².